The Balaban J connectivity index is 1.69. The summed E-state index contributed by atoms with van der Waals surface area (Å²) in [5, 5.41) is 0.461. The van der Waals surface area contributed by atoms with Crippen molar-refractivity contribution < 1.29 is 22.7 Å². The van der Waals surface area contributed by atoms with Crippen molar-refractivity contribution in [2.45, 2.75) is 18.3 Å². The quantitative estimate of drug-likeness (QED) is 0.535. The van der Waals surface area contributed by atoms with Gasteiger partial charge in [-0.15, -0.1) is 0 Å². The van der Waals surface area contributed by atoms with Gasteiger partial charge in [0.2, 0.25) is 5.91 Å². The number of fused-ring (bicyclic) bond motifs is 2. The van der Waals surface area contributed by atoms with Gasteiger partial charge in [0, 0.05) is 16.3 Å². The number of sulfone groups is 1. The van der Waals surface area contributed by atoms with E-state index in [0.717, 1.165) is 4.90 Å². The zero-order chi connectivity index (χ0) is 24.1. The molecule has 2 aliphatic rings. The second-order valence-corrected chi connectivity index (χ2v) is 10.6. The van der Waals surface area contributed by atoms with Gasteiger partial charge in [-0.2, -0.15) is 0 Å². The topological polar surface area (TPSA) is 84.0 Å². The van der Waals surface area contributed by atoms with Crippen LogP contribution in [0.25, 0.3) is 0 Å². The zero-order valence-corrected chi connectivity index (χ0v) is 19.8. The van der Waals surface area contributed by atoms with Crippen LogP contribution in [-0.4, -0.2) is 32.6 Å². The van der Waals surface area contributed by atoms with Crippen molar-refractivity contribution in [3.8, 4) is 5.75 Å². The molecule has 1 saturated heterocycles. The van der Waals surface area contributed by atoms with E-state index < -0.39 is 32.3 Å². The highest BCUT2D eigenvalue weighted by molar-refractivity contribution is 7.94. The molecule has 2 heterocycles. The lowest BCUT2D eigenvalue weighted by Crippen LogP contribution is -2.54. The van der Waals surface area contributed by atoms with Crippen molar-refractivity contribution in [1.29, 1.82) is 0 Å². The zero-order valence-electron chi connectivity index (χ0n) is 18.3. The maximum atomic E-state index is 14.1. The molecule has 34 heavy (non-hydrogen) atoms. The summed E-state index contributed by atoms with van der Waals surface area (Å²) in [4.78, 5) is 27.6. The van der Waals surface area contributed by atoms with Crippen LogP contribution < -0.4 is 14.5 Å². The molecular weight excluding hydrogens is 476 g/mol. The Morgan fingerprint density at radius 2 is 1.65 bits per heavy atom. The lowest BCUT2D eigenvalue weighted by atomic mass is 10.0. The van der Waals surface area contributed by atoms with Crippen LogP contribution in [0, 0.1) is 0 Å². The standard InChI is InChI=1S/C25H21ClN2O5S/c1-2-33-19-13-11-18(12-14-19)28-23(29)16-34(31,32)25(28)20-8-4-6-10-22(20)27(24(25)30)15-17-7-3-5-9-21(17)26/h3-14H,2,15-16H2,1H3/t25-/m0/s1. The minimum Gasteiger partial charge on any atom is -0.494 e. The van der Waals surface area contributed by atoms with Gasteiger partial charge in [-0.3, -0.25) is 14.5 Å². The number of hydrogen-bond acceptors (Lipinski definition) is 5. The highest BCUT2D eigenvalue weighted by Gasteiger charge is 2.69. The maximum Gasteiger partial charge on any atom is 0.274 e. The van der Waals surface area contributed by atoms with Gasteiger partial charge < -0.3 is 9.64 Å². The van der Waals surface area contributed by atoms with E-state index in [9.17, 15) is 18.0 Å². The van der Waals surface area contributed by atoms with Gasteiger partial charge in [-0.05, 0) is 48.9 Å². The average Bonchev–Trinajstić information content (AvgIpc) is 3.19. The van der Waals surface area contributed by atoms with Crippen molar-refractivity contribution in [1.82, 2.24) is 0 Å². The minimum absolute atomic E-state index is 0.0676. The summed E-state index contributed by atoms with van der Waals surface area (Å²) in [6.07, 6.45) is 0. The number of benzene rings is 3. The molecule has 3 aromatic carbocycles. The van der Waals surface area contributed by atoms with Gasteiger partial charge in [0.1, 0.15) is 11.5 Å². The summed E-state index contributed by atoms with van der Waals surface area (Å²) >= 11 is 6.34. The smallest absolute Gasteiger partial charge is 0.274 e. The lowest BCUT2D eigenvalue weighted by molar-refractivity contribution is -0.123. The summed E-state index contributed by atoms with van der Waals surface area (Å²) in [7, 11) is -4.23. The fraction of sp³-hybridized carbons (Fsp3) is 0.200. The Morgan fingerprint density at radius 1 is 0.971 bits per heavy atom. The molecule has 0 radical (unpaired) electrons. The molecule has 2 amide bonds. The summed E-state index contributed by atoms with van der Waals surface area (Å²) < 4.78 is 32.7. The molecule has 2 aliphatic heterocycles. The number of nitrogens with zero attached hydrogens (tertiary/aromatic N) is 2. The Labute approximate surface area is 202 Å². The van der Waals surface area contributed by atoms with E-state index >= 15 is 0 Å². The van der Waals surface area contributed by atoms with E-state index in [0.29, 0.717) is 34.3 Å². The molecule has 0 saturated carbocycles. The van der Waals surface area contributed by atoms with Gasteiger partial charge in [-0.1, -0.05) is 48.0 Å². The van der Waals surface area contributed by atoms with Crippen LogP contribution >= 0.6 is 11.6 Å². The Morgan fingerprint density at radius 3 is 2.35 bits per heavy atom. The Hall–Kier alpha value is -3.36. The first-order valence-electron chi connectivity index (χ1n) is 10.7. The molecule has 0 bridgehead atoms. The first kappa shape index (κ1) is 22.4. The third kappa shape index (κ3) is 3.13. The summed E-state index contributed by atoms with van der Waals surface area (Å²) in [5.74, 6) is -1.55. The first-order chi connectivity index (χ1) is 16.3. The van der Waals surface area contributed by atoms with E-state index in [-0.39, 0.29) is 12.1 Å². The highest BCUT2D eigenvalue weighted by Crippen LogP contribution is 2.53. The number of hydrogen-bond donors (Lipinski definition) is 0. The molecule has 1 atom stereocenters. The number of rotatable bonds is 5. The molecule has 7 nitrogen and oxygen atoms in total. The van der Waals surface area contributed by atoms with E-state index in [1.165, 1.54) is 4.90 Å². The molecule has 1 fully saturated rings. The van der Waals surface area contributed by atoms with Gasteiger partial charge >= 0.3 is 0 Å². The van der Waals surface area contributed by atoms with Crippen molar-refractivity contribution in [3.63, 3.8) is 0 Å². The van der Waals surface area contributed by atoms with Crippen molar-refractivity contribution in [2.24, 2.45) is 0 Å². The number of ether oxygens (including phenoxy) is 1. The van der Waals surface area contributed by atoms with Gasteiger partial charge in [0.05, 0.1) is 18.8 Å². The van der Waals surface area contributed by atoms with Crippen LogP contribution in [0.15, 0.2) is 72.8 Å². The average molecular weight is 497 g/mol. The molecule has 0 aliphatic carbocycles. The SMILES string of the molecule is CCOc1ccc(N2C(=O)CS(=O)(=O)[C@@]23C(=O)N(Cc2ccccc2Cl)c2ccccc23)cc1. The fourth-order valence-electron chi connectivity index (χ4n) is 4.70. The van der Waals surface area contributed by atoms with Crippen molar-refractivity contribution in [3.05, 3.63) is 88.9 Å². The van der Waals surface area contributed by atoms with Gasteiger partial charge in [0.15, 0.2) is 9.84 Å². The van der Waals surface area contributed by atoms with Crippen molar-refractivity contribution in [2.75, 3.05) is 22.2 Å². The van der Waals surface area contributed by atoms with Crippen LogP contribution in [0.1, 0.15) is 18.1 Å². The molecule has 5 rings (SSSR count). The van der Waals surface area contributed by atoms with Crippen molar-refractivity contribution >= 4 is 44.6 Å². The summed E-state index contributed by atoms with van der Waals surface area (Å²) in [6, 6.07) is 20.2. The predicted molar refractivity (Wildman–Crippen MR) is 130 cm³/mol. The van der Waals surface area contributed by atoms with E-state index in [1.54, 1.807) is 72.8 Å². The third-order valence-corrected chi connectivity index (χ3v) is 8.59. The van der Waals surface area contributed by atoms with Gasteiger partial charge in [0.25, 0.3) is 10.8 Å². The second kappa shape index (κ2) is 8.14. The number of anilines is 2. The molecule has 9 heteroatoms. The van der Waals surface area contributed by atoms with Crippen LogP contribution in [-0.2, 0) is 30.8 Å². The van der Waals surface area contributed by atoms with Crippen LogP contribution in [0.3, 0.4) is 0 Å². The molecule has 0 unspecified atom stereocenters. The molecule has 174 valence electrons. The Bertz CT molecular complexity index is 1410. The van der Waals surface area contributed by atoms with E-state index in [2.05, 4.69) is 0 Å². The highest BCUT2D eigenvalue weighted by atomic mass is 35.5. The summed E-state index contributed by atoms with van der Waals surface area (Å²) in [5.41, 5.74) is 1.66. The number of carbonyl (C=O) groups excluding carboxylic acids is 2. The van der Waals surface area contributed by atoms with Crippen LogP contribution in [0.2, 0.25) is 5.02 Å². The molecular formula is C25H21ClN2O5S. The number of para-hydroxylation sites is 1. The number of amides is 2. The second-order valence-electron chi connectivity index (χ2n) is 8.06. The molecule has 0 N–H and O–H groups in total. The molecule has 1 spiro atoms. The van der Waals surface area contributed by atoms with Gasteiger partial charge in [-0.25, -0.2) is 8.42 Å². The monoisotopic (exact) mass is 496 g/mol. The third-order valence-electron chi connectivity index (χ3n) is 6.12. The predicted octanol–water partition coefficient (Wildman–Crippen LogP) is 3.90. The minimum atomic E-state index is -4.23. The van der Waals surface area contributed by atoms with E-state index in [4.69, 9.17) is 16.3 Å². The first-order valence-corrected chi connectivity index (χ1v) is 12.8. The number of carbonyl (C=O) groups is 2. The molecule has 0 aromatic heterocycles. The van der Waals surface area contributed by atoms with Crippen LogP contribution in [0.4, 0.5) is 11.4 Å². The lowest BCUT2D eigenvalue weighted by Gasteiger charge is -2.32. The number of halogens is 1. The van der Waals surface area contributed by atoms with Crippen LogP contribution in [0.5, 0.6) is 5.75 Å². The normalized spacial score (nSPS) is 20.8. The largest absolute Gasteiger partial charge is 0.494 e. The Kier molecular flexibility index (Phi) is 5.37. The summed E-state index contributed by atoms with van der Waals surface area (Å²) in [6.45, 7) is 2.38. The maximum absolute atomic E-state index is 14.1. The van der Waals surface area contributed by atoms with E-state index in [1.807, 2.05) is 6.92 Å². The fourth-order valence-corrected chi connectivity index (χ4v) is 6.93. The molecule has 3 aromatic rings.